The summed E-state index contributed by atoms with van der Waals surface area (Å²) in [5.41, 5.74) is 1.07. The minimum atomic E-state index is -0.948. The first-order valence-corrected chi connectivity index (χ1v) is 6.36. The van der Waals surface area contributed by atoms with Crippen molar-refractivity contribution in [1.29, 1.82) is 0 Å². The molecule has 4 heteroatoms. The third-order valence-corrected chi connectivity index (χ3v) is 3.55. The summed E-state index contributed by atoms with van der Waals surface area (Å²) >= 11 is 0. The molecule has 0 saturated heterocycles. The Balaban J connectivity index is 1.97. The van der Waals surface area contributed by atoms with Gasteiger partial charge in [0, 0.05) is 19.2 Å². The average molecular weight is 259 g/mol. The Bertz CT molecular complexity index is 501. The third kappa shape index (κ3) is 3.22. The Morgan fingerprint density at radius 2 is 1.89 bits per heavy atom. The van der Waals surface area contributed by atoms with E-state index in [0.717, 1.165) is 18.4 Å². The van der Waals surface area contributed by atoms with Crippen LogP contribution < -0.4 is 0 Å². The minimum absolute atomic E-state index is 0.00740. The largest absolute Gasteiger partial charge is 0.478 e. The molecule has 1 saturated carbocycles. The van der Waals surface area contributed by atoms with Crippen LogP contribution in [0.25, 0.3) is 6.08 Å². The van der Waals surface area contributed by atoms with Gasteiger partial charge in [0.25, 0.3) is 0 Å². The van der Waals surface area contributed by atoms with Crippen LogP contribution in [-0.4, -0.2) is 35.0 Å². The van der Waals surface area contributed by atoms with E-state index in [9.17, 15) is 9.59 Å². The molecule has 1 aliphatic carbocycles. The highest BCUT2D eigenvalue weighted by molar-refractivity contribution is 5.92. The summed E-state index contributed by atoms with van der Waals surface area (Å²) in [5.74, 6) is -0.955. The van der Waals surface area contributed by atoms with E-state index in [4.69, 9.17) is 5.11 Å². The number of carboxylic acids is 1. The van der Waals surface area contributed by atoms with Crippen molar-refractivity contribution in [3.63, 3.8) is 0 Å². The summed E-state index contributed by atoms with van der Waals surface area (Å²) in [6, 6.07) is 6.82. The average Bonchev–Trinajstić information content (AvgIpc) is 2.34. The fraction of sp³-hybridized carbons (Fsp3) is 0.333. The number of hydrogen-bond donors (Lipinski definition) is 1. The zero-order valence-corrected chi connectivity index (χ0v) is 10.9. The van der Waals surface area contributed by atoms with Crippen LogP contribution in [0.3, 0.4) is 0 Å². The van der Waals surface area contributed by atoms with Gasteiger partial charge in [-0.05, 0) is 43.0 Å². The molecule has 1 N–H and O–H groups in total. The zero-order chi connectivity index (χ0) is 13.8. The summed E-state index contributed by atoms with van der Waals surface area (Å²) in [6.45, 7) is 0. The number of amides is 1. The topological polar surface area (TPSA) is 57.6 Å². The lowest BCUT2D eigenvalue weighted by Crippen LogP contribution is -2.40. The molecule has 1 aliphatic rings. The van der Waals surface area contributed by atoms with Crippen LogP contribution in [0, 0.1) is 0 Å². The number of carbonyl (C=O) groups is 2. The number of aromatic carboxylic acids is 1. The second-order valence-corrected chi connectivity index (χ2v) is 4.79. The van der Waals surface area contributed by atoms with Crippen LogP contribution in [-0.2, 0) is 4.79 Å². The molecule has 4 nitrogen and oxygen atoms in total. The van der Waals surface area contributed by atoms with Crippen molar-refractivity contribution in [3.05, 3.63) is 41.5 Å². The SMILES string of the molecule is CN(C(=O)/C=C/c1ccc(C(=O)O)cc1)C1CCC1. The summed E-state index contributed by atoms with van der Waals surface area (Å²) in [6.07, 6.45) is 6.62. The van der Waals surface area contributed by atoms with Crippen molar-refractivity contribution in [1.82, 2.24) is 4.90 Å². The van der Waals surface area contributed by atoms with E-state index < -0.39 is 5.97 Å². The molecular formula is C15H17NO3. The summed E-state index contributed by atoms with van der Waals surface area (Å²) in [7, 11) is 1.82. The highest BCUT2D eigenvalue weighted by Gasteiger charge is 2.24. The Morgan fingerprint density at radius 1 is 1.26 bits per heavy atom. The van der Waals surface area contributed by atoms with E-state index >= 15 is 0 Å². The number of carboxylic acid groups (broad SMARTS) is 1. The van der Waals surface area contributed by atoms with E-state index in [-0.39, 0.29) is 11.5 Å². The fourth-order valence-electron chi connectivity index (χ4n) is 1.98. The van der Waals surface area contributed by atoms with Gasteiger partial charge in [0.15, 0.2) is 0 Å². The van der Waals surface area contributed by atoms with Crippen LogP contribution in [0.5, 0.6) is 0 Å². The molecule has 0 bridgehead atoms. The zero-order valence-electron chi connectivity index (χ0n) is 10.9. The molecule has 0 aliphatic heterocycles. The number of likely N-dealkylation sites (N-methyl/N-ethyl adjacent to an activating group) is 1. The van der Waals surface area contributed by atoms with Crippen LogP contribution in [0.2, 0.25) is 0 Å². The first-order valence-electron chi connectivity index (χ1n) is 6.36. The summed E-state index contributed by atoms with van der Waals surface area (Å²) in [4.78, 5) is 24.3. The Hall–Kier alpha value is -2.10. The van der Waals surface area contributed by atoms with Crippen LogP contribution in [0.15, 0.2) is 30.3 Å². The van der Waals surface area contributed by atoms with Gasteiger partial charge in [-0.2, -0.15) is 0 Å². The maximum absolute atomic E-state index is 11.9. The number of hydrogen-bond acceptors (Lipinski definition) is 2. The van der Waals surface area contributed by atoms with Crippen LogP contribution >= 0.6 is 0 Å². The normalized spacial score (nSPS) is 15.2. The predicted octanol–water partition coefficient (Wildman–Crippen LogP) is 2.41. The van der Waals surface area contributed by atoms with Gasteiger partial charge in [-0.1, -0.05) is 12.1 Å². The molecule has 1 aromatic carbocycles. The van der Waals surface area contributed by atoms with Gasteiger partial charge in [0.05, 0.1) is 5.56 Å². The fourth-order valence-corrected chi connectivity index (χ4v) is 1.98. The first kappa shape index (κ1) is 13.3. The van der Waals surface area contributed by atoms with Gasteiger partial charge in [-0.25, -0.2) is 4.79 Å². The molecular weight excluding hydrogens is 242 g/mol. The molecule has 0 spiro atoms. The molecule has 19 heavy (non-hydrogen) atoms. The van der Waals surface area contributed by atoms with Gasteiger partial charge in [-0.3, -0.25) is 4.79 Å². The lowest BCUT2D eigenvalue weighted by molar-refractivity contribution is -0.128. The standard InChI is InChI=1S/C15H17NO3/c1-16(13-3-2-4-13)14(17)10-7-11-5-8-12(9-6-11)15(18)19/h5-10,13H,2-4H2,1H3,(H,18,19)/b10-7+. The van der Waals surface area contributed by atoms with Crippen molar-refractivity contribution in [2.45, 2.75) is 25.3 Å². The lowest BCUT2D eigenvalue weighted by atomic mass is 9.92. The number of nitrogens with zero attached hydrogens (tertiary/aromatic N) is 1. The summed E-state index contributed by atoms with van der Waals surface area (Å²) in [5, 5.41) is 8.78. The maximum Gasteiger partial charge on any atom is 0.335 e. The van der Waals surface area contributed by atoms with E-state index in [2.05, 4.69) is 0 Å². The molecule has 2 rings (SSSR count). The molecule has 1 fully saturated rings. The van der Waals surface area contributed by atoms with Gasteiger partial charge in [0.1, 0.15) is 0 Å². The second kappa shape index (κ2) is 5.69. The highest BCUT2D eigenvalue weighted by atomic mass is 16.4. The van der Waals surface area contributed by atoms with E-state index in [1.165, 1.54) is 24.6 Å². The summed E-state index contributed by atoms with van der Waals surface area (Å²) < 4.78 is 0. The quantitative estimate of drug-likeness (QED) is 0.845. The minimum Gasteiger partial charge on any atom is -0.478 e. The van der Waals surface area contributed by atoms with Gasteiger partial charge < -0.3 is 10.0 Å². The smallest absolute Gasteiger partial charge is 0.335 e. The van der Waals surface area contributed by atoms with Crippen molar-refractivity contribution >= 4 is 18.0 Å². The first-order chi connectivity index (χ1) is 9.08. The Morgan fingerprint density at radius 3 is 2.37 bits per heavy atom. The van der Waals surface area contributed by atoms with Crippen LogP contribution in [0.1, 0.15) is 35.2 Å². The maximum atomic E-state index is 11.9. The van der Waals surface area contributed by atoms with Gasteiger partial charge in [0.2, 0.25) is 5.91 Å². The molecule has 1 amide bonds. The molecule has 100 valence electrons. The molecule has 0 radical (unpaired) electrons. The number of benzene rings is 1. The van der Waals surface area contributed by atoms with E-state index in [1.54, 1.807) is 23.1 Å². The third-order valence-electron chi connectivity index (χ3n) is 3.55. The molecule has 0 unspecified atom stereocenters. The van der Waals surface area contributed by atoms with Crippen molar-refractivity contribution in [3.8, 4) is 0 Å². The highest BCUT2D eigenvalue weighted by Crippen LogP contribution is 2.23. The van der Waals surface area contributed by atoms with Crippen molar-refractivity contribution < 1.29 is 14.7 Å². The number of rotatable bonds is 4. The molecule has 0 heterocycles. The second-order valence-electron chi connectivity index (χ2n) is 4.79. The Labute approximate surface area is 112 Å². The lowest BCUT2D eigenvalue weighted by Gasteiger charge is -2.34. The molecule has 0 aromatic heterocycles. The van der Waals surface area contributed by atoms with Gasteiger partial charge >= 0.3 is 5.97 Å². The van der Waals surface area contributed by atoms with Gasteiger partial charge in [-0.15, -0.1) is 0 Å². The predicted molar refractivity (Wildman–Crippen MR) is 72.8 cm³/mol. The van der Waals surface area contributed by atoms with Crippen molar-refractivity contribution in [2.75, 3.05) is 7.05 Å². The Kier molecular flexibility index (Phi) is 4.00. The van der Waals surface area contributed by atoms with E-state index in [1.807, 2.05) is 7.05 Å². The van der Waals surface area contributed by atoms with E-state index in [0.29, 0.717) is 6.04 Å². The molecule has 1 aromatic rings. The van der Waals surface area contributed by atoms with Crippen LogP contribution in [0.4, 0.5) is 0 Å². The monoisotopic (exact) mass is 259 g/mol. The molecule has 0 atom stereocenters. The number of carbonyl (C=O) groups excluding carboxylic acids is 1. The van der Waals surface area contributed by atoms with Crippen molar-refractivity contribution in [2.24, 2.45) is 0 Å².